The fraction of sp³-hybridized carbons (Fsp3) is 0.217. The molecule has 3 rings (SSSR count). The number of hydrogen-bond acceptors (Lipinski definition) is 4. The Bertz CT molecular complexity index is 856. The summed E-state index contributed by atoms with van der Waals surface area (Å²) in [6, 6.07) is 18.8. The van der Waals surface area contributed by atoms with E-state index in [1.807, 2.05) is 60.8 Å². The van der Waals surface area contributed by atoms with Crippen LogP contribution >= 0.6 is 0 Å². The van der Waals surface area contributed by atoms with Crippen molar-refractivity contribution in [1.29, 1.82) is 0 Å². The third-order valence-electron chi connectivity index (χ3n) is 4.76. The van der Waals surface area contributed by atoms with Crippen LogP contribution < -0.4 is 0 Å². The number of methoxy groups -OCH3 is 1. The van der Waals surface area contributed by atoms with Crippen molar-refractivity contribution < 1.29 is 14.3 Å². The van der Waals surface area contributed by atoms with Gasteiger partial charge in [-0.2, -0.15) is 0 Å². The molecule has 0 aliphatic carbocycles. The molecule has 2 atom stereocenters. The lowest BCUT2D eigenvalue weighted by atomic mass is 9.86. The monoisotopic (exact) mass is 361 g/mol. The van der Waals surface area contributed by atoms with Gasteiger partial charge < -0.3 is 9.64 Å². The molecule has 0 fully saturated rings. The van der Waals surface area contributed by atoms with Gasteiger partial charge in [-0.25, -0.2) is 4.79 Å². The average Bonchev–Trinajstić information content (AvgIpc) is 2.73. The molecule has 0 radical (unpaired) electrons. The molecule has 0 N–H and O–H groups in total. The Morgan fingerprint density at radius 2 is 1.67 bits per heavy atom. The van der Waals surface area contributed by atoms with E-state index >= 15 is 0 Å². The number of Topliss-reactive ketones (excluding diaryl/α,β-unsaturated/α-hetero) is 1. The van der Waals surface area contributed by atoms with E-state index in [1.54, 1.807) is 18.0 Å². The summed E-state index contributed by atoms with van der Waals surface area (Å²) in [5.74, 6) is -0.423. The van der Waals surface area contributed by atoms with Crippen LogP contribution in [0.2, 0.25) is 0 Å². The quantitative estimate of drug-likeness (QED) is 0.576. The van der Waals surface area contributed by atoms with Gasteiger partial charge in [-0.15, -0.1) is 0 Å². The fourth-order valence-corrected chi connectivity index (χ4v) is 3.17. The molecule has 0 saturated carbocycles. The lowest BCUT2D eigenvalue weighted by Crippen LogP contribution is -2.35. The third kappa shape index (κ3) is 4.34. The lowest BCUT2D eigenvalue weighted by molar-refractivity contribution is -0.144. The van der Waals surface area contributed by atoms with Crippen LogP contribution in [0.5, 0.6) is 0 Å². The van der Waals surface area contributed by atoms with Crippen LogP contribution in [0.1, 0.15) is 22.8 Å². The zero-order chi connectivity index (χ0) is 19.2. The maximum Gasteiger partial charge on any atom is 0.328 e. The molecule has 0 saturated heterocycles. The van der Waals surface area contributed by atoms with Gasteiger partial charge in [-0.1, -0.05) is 66.7 Å². The number of allylic oxidation sites excluding steroid dienone is 2. The molecular formula is C23H23NO3. The highest BCUT2D eigenvalue weighted by atomic mass is 16.5. The van der Waals surface area contributed by atoms with E-state index in [0.717, 1.165) is 12.0 Å². The Hall–Kier alpha value is -3.14. The van der Waals surface area contributed by atoms with Crippen LogP contribution in [0, 0.1) is 5.92 Å². The van der Waals surface area contributed by atoms with Crippen molar-refractivity contribution in [3.8, 4) is 0 Å². The van der Waals surface area contributed by atoms with Gasteiger partial charge in [-0.3, -0.25) is 4.79 Å². The highest BCUT2D eigenvalue weighted by Gasteiger charge is 2.27. The molecule has 0 amide bonds. The van der Waals surface area contributed by atoms with Crippen molar-refractivity contribution in [1.82, 2.24) is 4.90 Å². The first-order valence-electron chi connectivity index (χ1n) is 8.99. The van der Waals surface area contributed by atoms with Gasteiger partial charge in [0.15, 0.2) is 5.78 Å². The average molecular weight is 361 g/mol. The fourth-order valence-electron chi connectivity index (χ4n) is 3.17. The predicted molar refractivity (Wildman–Crippen MR) is 105 cm³/mol. The summed E-state index contributed by atoms with van der Waals surface area (Å²) >= 11 is 0. The third-order valence-corrected chi connectivity index (χ3v) is 4.76. The van der Waals surface area contributed by atoms with E-state index in [0.29, 0.717) is 11.1 Å². The molecule has 0 spiro atoms. The molecule has 4 heteroatoms. The second kappa shape index (κ2) is 8.49. The predicted octanol–water partition coefficient (Wildman–Crippen LogP) is 4.00. The van der Waals surface area contributed by atoms with Gasteiger partial charge in [-0.05, 0) is 18.9 Å². The number of rotatable bonds is 6. The van der Waals surface area contributed by atoms with Gasteiger partial charge in [0.1, 0.15) is 6.04 Å². The van der Waals surface area contributed by atoms with Gasteiger partial charge in [0.2, 0.25) is 0 Å². The van der Waals surface area contributed by atoms with Gasteiger partial charge in [0.05, 0.1) is 7.11 Å². The minimum absolute atomic E-state index is 0.0250. The first-order valence-corrected chi connectivity index (χ1v) is 8.99. The minimum atomic E-state index is -0.498. The van der Waals surface area contributed by atoms with Crippen molar-refractivity contribution >= 4 is 11.8 Å². The van der Waals surface area contributed by atoms with Crippen LogP contribution in [0.15, 0.2) is 84.7 Å². The van der Waals surface area contributed by atoms with Gasteiger partial charge in [0, 0.05) is 29.5 Å². The highest BCUT2D eigenvalue weighted by molar-refractivity contribution is 6.09. The number of benzene rings is 2. The number of ketones is 1. The molecule has 1 aliphatic rings. The molecule has 27 heavy (non-hydrogen) atoms. The molecule has 2 aromatic rings. The SMILES string of the molecule is COC(=O)C(C)N1C=CC(Cc2ccccc2)C(C(=O)c2ccccc2)=C1. The summed E-state index contributed by atoms with van der Waals surface area (Å²) in [5.41, 5.74) is 2.47. The van der Waals surface area contributed by atoms with Gasteiger partial charge in [0.25, 0.3) is 0 Å². The molecule has 4 nitrogen and oxygen atoms in total. The maximum atomic E-state index is 13.2. The summed E-state index contributed by atoms with van der Waals surface area (Å²) in [7, 11) is 1.37. The number of hydrogen-bond donors (Lipinski definition) is 0. The zero-order valence-electron chi connectivity index (χ0n) is 15.5. The molecule has 1 heterocycles. The lowest BCUT2D eigenvalue weighted by Gasteiger charge is -2.29. The Balaban J connectivity index is 1.92. The smallest absolute Gasteiger partial charge is 0.328 e. The first kappa shape index (κ1) is 18.6. The summed E-state index contributed by atoms with van der Waals surface area (Å²) in [6.45, 7) is 1.76. The van der Waals surface area contributed by atoms with Crippen LogP contribution in [0.3, 0.4) is 0 Å². The standard InChI is InChI=1S/C23H23NO3/c1-17(23(26)27-2)24-14-13-20(15-18-9-5-3-6-10-18)21(16-24)22(25)19-11-7-4-8-12-19/h3-14,16-17,20H,15H2,1-2H3. The number of carbonyl (C=O) groups is 2. The van der Waals surface area contributed by atoms with E-state index in [1.165, 1.54) is 7.11 Å². The minimum Gasteiger partial charge on any atom is -0.467 e. The number of esters is 1. The highest BCUT2D eigenvalue weighted by Crippen LogP contribution is 2.28. The molecule has 2 aromatic carbocycles. The van der Waals surface area contributed by atoms with E-state index in [9.17, 15) is 9.59 Å². The number of nitrogens with zero attached hydrogens (tertiary/aromatic N) is 1. The van der Waals surface area contributed by atoms with Crippen molar-refractivity contribution in [3.05, 3.63) is 95.8 Å². The van der Waals surface area contributed by atoms with Gasteiger partial charge >= 0.3 is 5.97 Å². The summed E-state index contributed by atoms with van der Waals surface area (Å²) in [6.07, 6.45) is 6.35. The second-order valence-electron chi connectivity index (χ2n) is 6.56. The van der Waals surface area contributed by atoms with Crippen molar-refractivity contribution in [3.63, 3.8) is 0 Å². The van der Waals surface area contributed by atoms with Crippen molar-refractivity contribution in [2.24, 2.45) is 5.92 Å². The normalized spacial score (nSPS) is 17.2. The number of carbonyl (C=O) groups excluding carboxylic acids is 2. The van der Waals surface area contributed by atoms with Crippen LogP contribution in [0.25, 0.3) is 0 Å². The summed E-state index contributed by atoms with van der Waals surface area (Å²) in [4.78, 5) is 26.8. The second-order valence-corrected chi connectivity index (χ2v) is 6.56. The maximum absolute atomic E-state index is 13.2. The van der Waals surface area contributed by atoms with Crippen LogP contribution in [-0.2, 0) is 16.0 Å². The van der Waals surface area contributed by atoms with Crippen molar-refractivity contribution in [2.45, 2.75) is 19.4 Å². The molecule has 138 valence electrons. The van der Waals surface area contributed by atoms with Crippen LogP contribution in [0.4, 0.5) is 0 Å². The van der Waals surface area contributed by atoms with Crippen LogP contribution in [-0.4, -0.2) is 29.8 Å². The molecule has 0 aromatic heterocycles. The van der Waals surface area contributed by atoms with E-state index in [2.05, 4.69) is 12.1 Å². The van der Waals surface area contributed by atoms with E-state index in [4.69, 9.17) is 4.74 Å². The first-order chi connectivity index (χ1) is 13.1. The Kier molecular flexibility index (Phi) is 5.87. The summed E-state index contributed by atoms with van der Waals surface area (Å²) in [5, 5.41) is 0. The Morgan fingerprint density at radius 3 is 2.30 bits per heavy atom. The molecule has 1 aliphatic heterocycles. The van der Waals surface area contributed by atoms with E-state index in [-0.39, 0.29) is 17.7 Å². The van der Waals surface area contributed by atoms with Crippen molar-refractivity contribution in [2.75, 3.05) is 7.11 Å². The molecular weight excluding hydrogens is 338 g/mol. The Morgan fingerprint density at radius 1 is 1.04 bits per heavy atom. The zero-order valence-corrected chi connectivity index (χ0v) is 15.5. The molecule has 0 bridgehead atoms. The van der Waals surface area contributed by atoms with E-state index < -0.39 is 6.04 Å². The Labute approximate surface area is 159 Å². The number of ether oxygens (including phenoxy) is 1. The summed E-state index contributed by atoms with van der Waals surface area (Å²) < 4.78 is 4.84. The molecule has 2 unspecified atom stereocenters. The topological polar surface area (TPSA) is 46.6 Å². The largest absolute Gasteiger partial charge is 0.467 e.